The Morgan fingerprint density at radius 1 is 1.26 bits per heavy atom. The second kappa shape index (κ2) is 11.9. The molecule has 2 fully saturated rings. The molecule has 2 aliphatic rings. The SMILES string of the molecule is CCNC(=NCc1ccc(N2CCNC(=O)C2)cc1)NCC1CN(CC(C)C)CCO1. The zero-order valence-corrected chi connectivity index (χ0v) is 19.2. The van der Waals surface area contributed by atoms with Gasteiger partial charge < -0.3 is 25.6 Å². The predicted molar refractivity (Wildman–Crippen MR) is 126 cm³/mol. The molecule has 31 heavy (non-hydrogen) atoms. The maximum atomic E-state index is 11.6. The molecule has 0 spiro atoms. The van der Waals surface area contributed by atoms with E-state index in [1.54, 1.807) is 0 Å². The highest BCUT2D eigenvalue weighted by Gasteiger charge is 2.21. The smallest absolute Gasteiger partial charge is 0.239 e. The Kier molecular flexibility index (Phi) is 8.97. The highest BCUT2D eigenvalue weighted by molar-refractivity contribution is 5.82. The number of hydrogen-bond acceptors (Lipinski definition) is 5. The van der Waals surface area contributed by atoms with E-state index in [-0.39, 0.29) is 12.0 Å². The number of nitrogens with one attached hydrogen (secondary N) is 3. The molecule has 1 amide bonds. The van der Waals surface area contributed by atoms with Crippen LogP contribution in [0.15, 0.2) is 29.3 Å². The van der Waals surface area contributed by atoms with Crippen molar-refractivity contribution in [1.82, 2.24) is 20.9 Å². The molecule has 3 rings (SSSR count). The van der Waals surface area contributed by atoms with Crippen molar-refractivity contribution in [3.63, 3.8) is 0 Å². The van der Waals surface area contributed by atoms with E-state index in [2.05, 4.69) is 70.8 Å². The number of aliphatic imine (C=N–C) groups is 1. The average Bonchev–Trinajstić information content (AvgIpc) is 2.76. The molecule has 2 saturated heterocycles. The summed E-state index contributed by atoms with van der Waals surface area (Å²) in [6.07, 6.45) is 0.178. The van der Waals surface area contributed by atoms with Crippen molar-refractivity contribution in [1.29, 1.82) is 0 Å². The van der Waals surface area contributed by atoms with E-state index in [4.69, 9.17) is 9.73 Å². The molecule has 1 aromatic rings. The van der Waals surface area contributed by atoms with Crippen LogP contribution in [0.5, 0.6) is 0 Å². The van der Waals surface area contributed by atoms with Gasteiger partial charge in [0.25, 0.3) is 0 Å². The first-order chi connectivity index (χ1) is 15.0. The van der Waals surface area contributed by atoms with Gasteiger partial charge in [-0.1, -0.05) is 26.0 Å². The number of piperazine rings is 1. The van der Waals surface area contributed by atoms with Crippen molar-refractivity contribution in [3.8, 4) is 0 Å². The molecular weight excluding hydrogens is 392 g/mol. The van der Waals surface area contributed by atoms with Gasteiger partial charge in [-0.05, 0) is 30.5 Å². The van der Waals surface area contributed by atoms with Crippen LogP contribution in [-0.4, -0.2) is 81.8 Å². The van der Waals surface area contributed by atoms with Crippen LogP contribution in [0.3, 0.4) is 0 Å². The number of hydrogen-bond donors (Lipinski definition) is 3. The van der Waals surface area contributed by atoms with Gasteiger partial charge in [0.2, 0.25) is 5.91 Å². The van der Waals surface area contributed by atoms with Crippen molar-refractivity contribution < 1.29 is 9.53 Å². The zero-order valence-electron chi connectivity index (χ0n) is 19.2. The maximum absolute atomic E-state index is 11.6. The van der Waals surface area contributed by atoms with E-state index in [1.165, 1.54) is 0 Å². The summed E-state index contributed by atoms with van der Waals surface area (Å²) in [4.78, 5) is 20.9. The summed E-state index contributed by atoms with van der Waals surface area (Å²) in [5.74, 6) is 1.56. The van der Waals surface area contributed by atoms with Crippen LogP contribution in [0.4, 0.5) is 5.69 Å². The van der Waals surface area contributed by atoms with Gasteiger partial charge in [-0.3, -0.25) is 9.69 Å². The Morgan fingerprint density at radius 2 is 2.06 bits per heavy atom. The van der Waals surface area contributed by atoms with Gasteiger partial charge in [0, 0.05) is 51.5 Å². The topological polar surface area (TPSA) is 81.2 Å². The van der Waals surface area contributed by atoms with Gasteiger partial charge in [-0.25, -0.2) is 4.99 Å². The summed E-state index contributed by atoms with van der Waals surface area (Å²) < 4.78 is 5.94. The number of anilines is 1. The highest BCUT2D eigenvalue weighted by atomic mass is 16.5. The van der Waals surface area contributed by atoms with Crippen LogP contribution in [0.1, 0.15) is 26.3 Å². The third kappa shape index (κ3) is 7.70. The normalized spacial score (nSPS) is 20.6. The lowest BCUT2D eigenvalue weighted by Crippen LogP contribution is -2.50. The van der Waals surface area contributed by atoms with Gasteiger partial charge >= 0.3 is 0 Å². The lowest BCUT2D eigenvalue weighted by Gasteiger charge is -2.34. The first kappa shape index (κ1) is 23.3. The maximum Gasteiger partial charge on any atom is 0.239 e. The average molecular weight is 431 g/mol. The van der Waals surface area contributed by atoms with Gasteiger partial charge in [0.1, 0.15) is 0 Å². The Bertz CT molecular complexity index is 721. The summed E-state index contributed by atoms with van der Waals surface area (Å²) in [6.45, 7) is 14.6. The van der Waals surface area contributed by atoms with Crippen molar-refractivity contribution in [2.45, 2.75) is 33.4 Å². The zero-order chi connectivity index (χ0) is 22.1. The fourth-order valence-corrected chi connectivity index (χ4v) is 3.98. The van der Waals surface area contributed by atoms with E-state index in [9.17, 15) is 4.79 Å². The Balaban J connectivity index is 1.50. The minimum absolute atomic E-state index is 0.0792. The molecule has 0 radical (unpaired) electrons. The summed E-state index contributed by atoms with van der Waals surface area (Å²) in [6, 6.07) is 8.32. The molecule has 2 heterocycles. The standard InChI is InChI=1S/C23H38N6O2/c1-4-24-23(27-14-21-16-28(11-12-31-21)15-18(2)3)26-13-19-5-7-20(8-6-19)29-10-9-25-22(30)17-29/h5-8,18,21H,4,9-17H2,1-3H3,(H,25,30)(H2,24,26,27). The van der Waals surface area contributed by atoms with E-state index in [0.29, 0.717) is 25.6 Å². The van der Waals surface area contributed by atoms with E-state index >= 15 is 0 Å². The monoisotopic (exact) mass is 430 g/mol. The van der Waals surface area contributed by atoms with Crippen LogP contribution in [-0.2, 0) is 16.1 Å². The van der Waals surface area contributed by atoms with E-state index in [0.717, 1.165) is 63.1 Å². The third-order valence-electron chi connectivity index (χ3n) is 5.45. The van der Waals surface area contributed by atoms with Crippen LogP contribution >= 0.6 is 0 Å². The Labute approximate surface area is 186 Å². The van der Waals surface area contributed by atoms with Crippen molar-refractivity contribution in [2.24, 2.45) is 10.9 Å². The lowest BCUT2D eigenvalue weighted by molar-refractivity contribution is -0.120. The van der Waals surface area contributed by atoms with Crippen molar-refractivity contribution in [3.05, 3.63) is 29.8 Å². The second-order valence-corrected chi connectivity index (χ2v) is 8.66. The van der Waals surface area contributed by atoms with Crippen molar-refractivity contribution in [2.75, 3.05) is 63.9 Å². The summed E-state index contributed by atoms with van der Waals surface area (Å²) in [5.41, 5.74) is 2.22. The van der Waals surface area contributed by atoms with Gasteiger partial charge in [-0.2, -0.15) is 0 Å². The molecule has 3 N–H and O–H groups in total. The fraction of sp³-hybridized carbons (Fsp3) is 0.652. The third-order valence-corrected chi connectivity index (χ3v) is 5.45. The largest absolute Gasteiger partial charge is 0.374 e. The summed E-state index contributed by atoms with van der Waals surface area (Å²) >= 11 is 0. The molecule has 1 unspecified atom stereocenters. The number of nitrogens with zero attached hydrogens (tertiary/aromatic N) is 3. The fourth-order valence-electron chi connectivity index (χ4n) is 3.98. The number of rotatable bonds is 8. The summed E-state index contributed by atoms with van der Waals surface area (Å²) in [7, 11) is 0. The van der Waals surface area contributed by atoms with Crippen LogP contribution in [0, 0.1) is 5.92 Å². The number of carbonyl (C=O) groups excluding carboxylic acids is 1. The summed E-state index contributed by atoms with van der Waals surface area (Å²) in [5, 5.41) is 9.62. The predicted octanol–water partition coefficient (Wildman–Crippen LogP) is 1.03. The molecule has 8 heteroatoms. The molecule has 0 aliphatic carbocycles. The number of carbonyl (C=O) groups is 1. The lowest BCUT2D eigenvalue weighted by atomic mass is 10.2. The second-order valence-electron chi connectivity index (χ2n) is 8.66. The van der Waals surface area contributed by atoms with Crippen LogP contribution in [0.25, 0.3) is 0 Å². The van der Waals surface area contributed by atoms with Gasteiger partial charge in [-0.15, -0.1) is 0 Å². The number of amides is 1. The first-order valence-electron chi connectivity index (χ1n) is 11.5. The van der Waals surface area contributed by atoms with Crippen LogP contribution in [0.2, 0.25) is 0 Å². The van der Waals surface area contributed by atoms with Crippen LogP contribution < -0.4 is 20.9 Å². The Hall–Kier alpha value is -2.32. The molecular formula is C23H38N6O2. The molecule has 1 atom stereocenters. The Morgan fingerprint density at radius 3 is 2.77 bits per heavy atom. The number of benzene rings is 1. The first-order valence-corrected chi connectivity index (χ1v) is 11.5. The number of guanidine groups is 1. The highest BCUT2D eigenvalue weighted by Crippen LogP contribution is 2.16. The molecule has 172 valence electrons. The van der Waals surface area contributed by atoms with E-state index in [1.807, 2.05) is 0 Å². The minimum Gasteiger partial charge on any atom is -0.374 e. The molecule has 0 bridgehead atoms. The molecule has 1 aromatic carbocycles. The molecule has 0 aromatic heterocycles. The van der Waals surface area contributed by atoms with Crippen molar-refractivity contribution >= 4 is 17.6 Å². The molecule has 2 aliphatic heterocycles. The van der Waals surface area contributed by atoms with E-state index < -0.39 is 0 Å². The number of ether oxygens (including phenoxy) is 1. The van der Waals surface area contributed by atoms with Gasteiger partial charge in [0.15, 0.2) is 5.96 Å². The molecule has 8 nitrogen and oxygen atoms in total. The van der Waals surface area contributed by atoms with Gasteiger partial charge in [0.05, 0.1) is 25.8 Å². The molecule has 0 saturated carbocycles. The quantitative estimate of drug-likeness (QED) is 0.422. The minimum atomic E-state index is 0.0792. The number of morpholine rings is 1.